The van der Waals surface area contributed by atoms with Crippen LogP contribution in [0.3, 0.4) is 0 Å². The van der Waals surface area contributed by atoms with E-state index >= 15 is 0 Å². The smallest absolute Gasteiger partial charge is 0.266 e. The van der Waals surface area contributed by atoms with Crippen molar-refractivity contribution in [2.24, 2.45) is 0 Å². The summed E-state index contributed by atoms with van der Waals surface area (Å²) in [5, 5.41) is 2.02. The van der Waals surface area contributed by atoms with Crippen LogP contribution < -0.4 is 5.73 Å². The maximum atomic E-state index is 12.5. The van der Waals surface area contributed by atoms with Gasteiger partial charge in [-0.15, -0.1) is 22.7 Å². The zero-order valence-corrected chi connectivity index (χ0v) is 14.3. The van der Waals surface area contributed by atoms with Gasteiger partial charge in [-0.05, 0) is 32.9 Å². The Morgan fingerprint density at radius 3 is 2.86 bits per heavy atom. The quantitative estimate of drug-likeness (QED) is 0.753. The number of hydrogen-bond donors (Lipinski definition) is 1. The first-order chi connectivity index (χ1) is 10.1. The molecule has 5 nitrogen and oxygen atoms in total. The average molecular weight is 383 g/mol. The molecule has 21 heavy (non-hydrogen) atoms. The van der Waals surface area contributed by atoms with Crippen LogP contribution >= 0.6 is 38.6 Å². The number of nitrogen functional groups attached to an aromatic ring is 1. The van der Waals surface area contributed by atoms with Gasteiger partial charge >= 0.3 is 0 Å². The molecule has 0 saturated carbocycles. The molecule has 0 saturated heterocycles. The zero-order chi connectivity index (χ0) is 15.0. The molecule has 3 aromatic heterocycles. The average Bonchev–Trinajstić information content (AvgIpc) is 3.03. The van der Waals surface area contributed by atoms with E-state index in [-0.39, 0.29) is 5.91 Å². The first-order valence-corrected chi connectivity index (χ1v) is 8.52. The number of carbonyl (C=O) groups is 1. The Bertz CT molecular complexity index is 813. The largest absolute Gasteiger partial charge is 0.396 e. The standard InChI is InChI=1S/C13H11BrN4OS2/c1-18(5-7-4-8(14)20-6-7)13(19)11-9(15)10-12(21-11)17-3-2-16-10/h2-4,6H,5,15H2,1H3. The fourth-order valence-electron chi connectivity index (χ4n) is 1.95. The van der Waals surface area contributed by atoms with E-state index in [0.29, 0.717) is 27.5 Å². The second kappa shape index (κ2) is 5.70. The number of thiophene rings is 2. The second-order valence-corrected chi connectivity index (χ2v) is 7.76. The summed E-state index contributed by atoms with van der Waals surface area (Å²) in [6.45, 7) is 0.537. The van der Waals surface area contributed by atoms with E-state index in [0.717, 1.165) is 9.35 Å². The highest BCUT2D eigenvalue weighted by molar-refractivity contribution is 9.11. The number of nitrogens with two attached hydrogens (primary N) is 1. The molecule has 3 heterocycles. The number of amides is 1. The second-order valence-electron chi connectivity index (χ2n) is 4.48. The molecule has 3 aromatic rings. The minimum atomic E-state index is -0.111. The molecule has 0 aliphatic rings. The third-order valence-corrected chi connectivity index (χ3v) is 5.59. The van der Waals surface area contributed by atoms with Crippen molar-refractivity contribution in [3.05, 3.63) is 38.1 Å². The highest BCUT2D eigenvalue weighted by Gasteiger charge is 2.21. The molecule has 0 spiro atoms. The maximum Gasteiger partial charge on any atom is 0.266 e. The fourth-order valence-corrected chi connectivity index (χ4v) is 4.17. The van der Waals surface area contributed by atoms with E-state index in [1.54, 1.807) is 35.7 Å². The molecule has 3 rings (SSSR count). The highest BCUT2D eigenvalue weighted by Crippen LogP contribution is 2.31. The zero-order valence-electron chi connectivity index (χ0n) is 11.0. The molecule has 0 aromatic carbocycles. The van der Waals surface area contributed by atoms with Crippen molar-refractivity contribution < 1.29 is 4.79 Å². The van der Waals surface area contributed by atoms with E-state index in [1.165, 1.54) is 11.3 Å². The van der Waals surface area contributed by atoms with Crippen molar-refractivity contribution >= 4 is 60.5 Å². The first kappa shape index (κ1) is 14.4. The van der Waals surface area contributed by atoms with Crippen LogP contribution in [0.15, 0.2) is 27.6 Å². The Labute approximate surface area is 137 Å². The van der Waals surface area contributed by atoms with Crippen molar-refractivity contribution in [3.8, 4) is 0 Å². The van der Waals surface area contributed by atoms with Crippen LogP contribution in [0.1, 0.15) is 15.2 Å². The Morgan fingerprint density at radius 2 is 2.19 bits per heavy atom. The van der Waals surface area contributed by atoms with Gasteiger partial charge < -0.3 is 10.6 Å². The molecular formula is C13H11BrN4OS2. The number of rotatable bonds is 3. The van der Waals surface area contributed by atoms with E-state index in [2.05, 4.69) is 25.9 Å². The lowest BCUT2D eigenvalue weighted by molar-refractivity contribution is 0.0791. The minimum Gasteiger partial charge on any atom is -0.396 e. The number of nitrogens with zero attached hydrogens (tertiary/aromatic N) is 3. The van der Waals surface area contributed by atoms with Gasteiger partial charge in [0.05, 0.1) is 9.47 Å². The van der Waals surface area contributed by atoms with Crippen LogP contribution in [-0.2, 0) is 6.54 Å². The number of carbonyl (C=O) groups excluding carboxylic acids is 1. The lowest BCUT2D eigenvalue weighted by Gasteiger charge is -2.15. The van der Waals surface area contributed by atoms with Gasteiger partial charge in [-0.1, -0.05) is 0 Å². The Morgan fingerprint density at radius 1 is 1.43 bits per heavy atom. The summed E-state index contributed by atoms with van der Waals surface area (Å²) in [4.78, 5) is 23.7. The number of halogens is 1. The van der Waals surface area contributed by atoms with Crippen molar-refractivity contribution in [1.82, 2.24) is 14.9 Å². The van der Waals surface area contributed by atoms with Gasteiger partial charge in [0.1, 0.15) is 15.2 Å². The predicted molar refractivity (Wildman–Crippen MR) is 89.6 cm³/mol. The Balaban J connectivity index is 1.87. The minimum absolute atomic E-state index is 0.111. The van der Waals surface area contributed by atoms with Crippen molar-refractivity contribution in [1.29, 1.82) is 0 Å². The van der Waals surface area contributed by atoms with Crippen LogP contribution in [0.4, 0.5) is 5.69 Å². The molecule has 108 valence electrons. The van der Waals surface area contributed by atoms with Gasteiger partial charge in [0.2, 0.25) is 0 Å². The Hall–Kier alpha value is -1.51. The van der Waals surface area contributed by atoms with Crippen LogP contribution in [0.25, 0.3) is 10.3 Å². The van der Waals surface area contributed by atoms with Gasteiger partial charge in [0.15, 0.2) is 0 Å². The molecule has 0 aliphatic heterocycles. The monoisotopic (exact) mass is 382 g/mol. The molecule has 0 aliphatic carbocycles. The lowest BCUT2D eigenvalue weighted by atomic mass is 10.3. The summed E-state index contributed by atoms with van der Waals surface area (Å²) in [5.74, 6) is -0.111. The van der Waals surface area contributed by atoms with Crippen molar-refractivity contribution in [2.75, 3.05) is 12.8 Å². The molecule has 0 unspecified atom stereocenters. The van der Waals surface area contributed by atoms with E-state index in [4.69, 9.17) is 5.73 Å². The third-order valence-electron chi connectivity index (χ3n) is 2.95. The first-order valence-electron chi connectivity index (χ1n) is 6.03. The molecule has 2 N–H and O–H groups in total. The molecule has 0 bridgehead atoms. The number of anilines is 1. The summed E-state index contributed by atoms with van der Waals surface area (Å²) in [7, 11) is 1.76. The normalized spacial score (nSPS) is 11.0. The molecule has 0 atom stereocenters. The summed E-state index contributed by atoms with van der Waals surface area (Å²) in [6, 6.07) is 2.01. The molecule has 0 radical (unpaired) electrons. The SMILES string of the molecule is CN(Cc1csc(Br)c1)C(=O)c1sc2nccnc2c1N. The fraction of sp³-hybridized carbons (Fsp3) is 0.154. The summed E-state index contributed by atoms with van der Waals surface area (Å²) >= 11 is 6.30. The summed E-state index contributed by atoms with van der Waals surface area (Å²) in [6.07, 6.45) is 3.17. The van der Waals surface area contributed by atoms with Crippen molar-refractivity contribution in [3.63, 3.8) is 0 Å². The van der Waals surface area contributed by atoms with Crippen LogP contribution in [0.2, 0.25) is 0 Å². The van der Waals surface area contributed by atoms with Crippen LogP contribution in [-0.4, -0.2) is 27.8 Å². The summed E-state index contributed by atoms with van der Waals surface area (Å²) < 4.78 is 1.05. The molecule has 8 heteroatoms. The van der Waals surface area contributed by atoms with Gasteiger partial charge in [-0.25, -0.2) is 9.97 Å². The van der Waals surface area contributed by atoms with Crippen molar-refractivity contribution in [2.45, 2.75) is 6.54 Å². The van der Waals surface area contributed by atoms with Gasteiger partial charge in [0.25, 0.3) is 5.91 Å². The highest BCUT2D eigenvalue weighted by atomic mass is 79.9. The topological polar surface area (TPSA) is 72.1 Å². The maximum absolute atomic E-state index is 12.5. The van der Waals surface area contributed by atoms with Gasteiger partial charge in [-0.3, -0.25) is 4.79 Å². The van der Waals surface area contributed by atoms with Gasteiger partial charge in [0, 0.05) is 26.0 Å². The Kier molecular flexibility index (Phi) is 3.92. The molecule has 0 fully saturated rings. The molecule has 1 amide bonds. The number of fused-ring (bicyclic) bond motifs is 1. The third kappa shape index (κ3) is 2.78. The van der Waals surface area contributed by atoms with Crippen LogP contribution in [0.5, 0.6) is 0 Å². The number of aromatic nitrogens is 2. The van der Waals surface area contributed by atoms with E-state index in [9.17, 15) is 4.79 Å². The lowest BCUT2D eigenvalue weighted by Crippen LogP contribution is -2.25. The van der Waals surface area contributed by atoms with E-state index in [1.807, 2.05) is 11.4 Å². The predicted octanol–water partition coefficient (Wildman–Crippen LogP) is 3.37. The number of hydrogen-bond acceptors (Lipinski definition) is 6. The van der Waals surface area contributed by atoms with E-state index < -0.39 is 0 Å². The van der Waals surface area contributed by atoms with Gasteiger partial charge in [-0.2, -0.15) is 0 Å². The summed E-state index contributed by atoms with van der Waals surface area (Å²) in [5.41, 5.74) is 8.12. The van der Waals surface area contributed by atoms with Crippen LogP contribution in [0, 0.1) is 0 Å². The molecular weight excluding hydrogens is 372 g/mol.